The van der Waals surface area contributed by atoms with Crippen molar-refractivity contribution in [2.45, 2.75) is 57.7 Å². The van der Waals surface area contributed by atoms with Crippen molar-refractivity contribution >= 4 is 5.97 Å². The van der Waals surface area contributed by atoms with Crippen molar-refractivity contribution in [3.63, 3.8) is 0 Å². The summed E-state index contributed by atoms with van der Waals surface area (Å²) in [5.74, 6) is 0.436. The average molecular weight is 459 g/mol. The van der Waals surface area contributed by atoms with Crippen molar-refractivity contribution in [3.05, 3.63) is 101 Å². The average Bonchev–Trinajstić information content (AvgIpc) is 2.87. The largest absolute Gasteiger partial charge is 0.482 e. The molecule has 0 saturated carbocycles. The van der Waals surface area contributed by atoms with Crippen molar-refractivity contribution in [1.82, 2.24) is 0 Å². The van der Waals surface area contributed by atoms with Gasteiger partial charge in [0, 0.05) is 0 Å². The van der Waals surface area contributed by atoms with Crippen molar-refractivity contribution in [2.24, 2.45) is 5.92 Å². The van der Waals surface area contributed by atoms with Gasteiger partial charge in [-0.15, -0.1) is 0 Å². The molecule has 4 rings (SSSR count). The number of ether oxygens (including phenoxy) is 2. The van der Waals surface area contributed by atoms with Crippen molar-refractivity contribution < 1.29 is 19.4 Å². The summed E-state index contributed by atoms with van der Waals surface area (Å²) in [5, 5.41) is 8.91. The third kappa shape index (κ3) is 6.48. The van der Waals surface area contributed by atoms with Gasteiger partial charge in [0.15, 0.2) is 6.61 Å². The Labute approximate surface area is 202 Å². The molecule has 0 aliphatic heterocycles. The Morgan fingerprint density at radius 3 is 2.29 bits per heavy atom. The van der Waals surface area contributed by atoms with Crippen LogP contribution in [0.3, 0.4) is 0 Å². The van der Waals surface area contributed by atoms with Gasteiger partial charge in [0.2, 0.25) is 0 Å². The van der Waals surface area contributed by atoms with E-state index < -0.39 is 5.97 Å². The van der Waals surface area contributed by atoms with E-state index >= 15 is 0 Å². The second kappa shape index (κ2) is 11.8. The molecule has 4 nitrogen and oxygen atoms in total. The van der Waals surface area contributed by atoms with Crippen LogP contribution in [0.1, 0.15) is 61.0 Å². The van der Waals surface area contributed by atoms with Crippen LogP contribution >= 0.6 is 0 Å². The summed E-state index contributed by atoms with van der Waals surface area (Å²) in [6.45, 7) is 1.89. The molecule has 0 fully saturated rings. The Hall–Kier alpha value is -3.11. The first kappa shape index (κ1) is 24.0. The lowest BCUT2D eigenvalue weighted by molar-refractivity contribution is -0.139. The Kier molecular flexibility index (Phi) is 8.37. The molecule has 0 amide bonds. The topological polar surface area (TPSA) is 55.8 Å². The highest BCUT2D eigenvalue weighted by atomic mass is 16.5. The maximum atomic E-state index is 10.9. The number of hydrogen-bond acceptors (Lipinski definition) is 3. The maximum Gasteiger partial charge on any atom is 0.341 e. The van der Waals surface area contributed by atoms with Crippen LogP contribution in [-0.2, 0) is 22.4 Å². The quantitative estimate of drug-likeness (QED) is 0.351. The molecule has 2 atom stereocenters. The van der Waals surface area contributed by atoms with Gasteiger partial charge in [-0.25, -0.2) is 4.79 Å². The highest BCUT2D eigenvalue weighted by Crippen LogP contribution is 2.35. The van der Waals surface area contributed by atoms with Crippen LogP contribution in [0.15, 0.2) is 78.9 Å². The summed E-state index contributed by atoms with van der Waals surface area (Å²) in [5.41, 5.74) is 4.86. The van der Waals surface area contributed by atoms with Crippen molar-refractivity contribution in [1.29, 1.82) is 0 Å². The normalized spacial score (nSPS) is 16.1. The molecule has 178 valence electrons. The van der Waals surface area contributed by atoms with E-state index in [0.29, 0.717) is 5.92 Å². The van der Waals surface area contributed by atoms with Gasteiger partial charge in [0.25, 0.3) is 0 Å². The molecule has 1 aliphatic carbocycles. The molecule has 0 radical (unpaired) electrons. The molecular formula is C30H34O4. The molecular weight excluding hydrogens is 424 g/mol. The summed E-state index contributed by atoms with van der Waals surface area (Å²) in [6, 6.07) is 26.9. The molecule has 0 bridgehead atoms. The van der Waals surface area contributed by atoms with Gasteiger partial charge < -0.3 is 14.6 Å². The van der Waals surface area contributed by atoms with E-state index in [9.17, 15) is 4.79 Å². The van der Waals surface area contributed by atoms with Crippen LogP contribution in [0.2, 0.25) is 0 Å². The van der Waals surface area contributed by atoms with Gasteiger partial charge in [-0.05, 0) is 66.8 Å². The summed E-state index contributed by atoms with van der Waals surface area (Å²) in [7, 11) is 0. The lowest BCUT2D eigenvalue weighted by atomic mass is 9.81. The molecule has 3 aromatic carbocycles. The predicted octanol–water partition coefficient (Wildman–Crippen LogP) is 6.62. The Morgan fingerprint density at radius 2 is 1.65 bits per heavy atom. The summed E-state index contributed by atoms with van der Waals surface area (Å²) in [6.07, 6.45) is 6.55. The molecule has 34 heavy (non-hydrogen) atoms. The minimum Gasteiger partial charge on any atom is -0.482 e. The Balaban J connectivity index is 1.30. The van der Waals surface area contributed by atoms with Gasteiger partial charge in [-0.3, -0.25) is 0 Å². The van der Waals surface area contributed by atoms with Gasteiger partial charge >= 0.3 is 5.97 Å². The van der Waals surface area contributed by atoms with Crippen LogP contribution in [0.5, 0.6) is 5.75 Å². The van der Waals surface area contributed by atoms with E-state index in [2.05, 4.69) is 61.5 Å². The fourth-order valence-electron chi connectivity index (χ4n) is 4.97. The minimum atomic E-state index is -0.940. The number of carboxylic acid groups (broad SMARTS) is 1. The third-order valence-electron chi connectivity index (χ3n) is 6.69. The fraction of sp³-hybridized carbons (Fsp3) is 0.367. The first-order chi connectivity index (χ1) is 16.6. The molecule has 0 aromatic heterocycles. The van der Waals surface area contributed by atoms with Crippen LogP contribution in [0, 0.1) is 5.92 Å². The predicted molar refractivity (Wildman–Crippen MR) is 134 cm³/mol. The number of hydrogen-bond donors (Lipinski definition) is 1. The van der Waals surface area contributed by atoms with Gasteiger partial charge in [0.05, 0.1) is 6.10 Å². The number of fused-ring (bicyclic) bond motifs is 1. The third-order valence-corrected chi connectivity index (χ3v) is 6.69. The maximum absolute atomic E-state index is 10.9. The lowest BCUT2D eigenvalue weighted by Crippen LogP contribution is -2.18. The minimum absolute atomic E-state index is 0.0526. The first-order valence-corrected chi connectivity index (χ1v) is 12.3. The van der Waals surface area contributed by atoms with Crippen LogP contribution in [-0.4, -0.2) is 23.8 Å². The fourth-order valence-corrected chi connectivity index (χ4v) is 4.97. The lowest BCUT2D eigenvalue weighted by Gasteiger charge is -2.27. The zero-order valence-corrected chi connectivity index (χ0v) is 19.9. The first-order valence-electron chi connectivity index (χ1n) is 12.3. The van der Waals surface area contributed by atoms with E-state index in [4.69, 9.17) is 14.6 Å². The van der Waals surface area contributed by atoms with Gasteiger partial charge in [-0.2, -0.15) is 0 Å². The summed E-state index contributed by atoms with van der Waals surface area (Å²) >= 11 is 0. The van der Waals surface area contributed by atoms with Gasteiger partial charge in [-0.1, -0.05) is 85.6 Å². The monoisotopic (exact) mass is 458 g/mol. The molecule has 3 aromatic rings. The van der Waals surface area contributed by atoms with E-state index in [1.54, 1.807) is 0 Å². The number of rotatable bonds is 11. The summed E-state index contributed by atoms with van der Waals surface area (Å²) in [4.78, 5) is 10.9. The van der Waals surface area contributed by atoms with Crippen LogP contribution in [0.4, 0.5) is 0 Å². The standard InChI is InChI=1S/C30H34O4/c1-22(34-30(24-12-4-2-5-13-24)25-14-6-3-7-15-25)10-8-11-23-18-19-27-26(20-23)16-9-17-28(27)33-21-29(31)32/h2-7,9,12-17,22-23,30H,8,10-11,18-21H2,1H3,(H,31,32). The van der Waals surface area contributed by atoms with Gasteiger partial charge in [0.1, 0.15) is 11.9 Å². The smallest absolute Gasteiger partial charge is 0.341 e. The second-order valence-corrected chi connectivity index (χ2v) is 9.26. The SMILES string of the molecule is CC(CCCC1CCc2c(cccc2OCC(=O)O)C1)OC(c1ccccc1)c1ccccc1. The molecule has 1 N–H and O–H groups in total. The number of carboxylic acids is 1. The highest BCUT2D eigenvalue weighted by Gasteiger charge is 2.22. The number of aliphatic carboxylic acids is 1. The number of carbonyl (C=O) groups is 1. The Bertz CT molecular complexity index is 1010. The van der Waals surface area contributed by atoms with E-state index in [0.717, 1.165) is 37.9 Å². The summed E-state index contributed by atoms with van der Waals surface area (Å²) < 4.78 is 12.1. The molecule has 0 saturated heterocycles. The highest BCUT2D eigenvalue weighted by molar-refractivity contribution is 5.68. The zero-order chi connectivity index (χ0) is 23.8. The van der Waals surface area contributed by atoms with E-state index in [1.807, 2.05) is 24.3 Å². The van der Waals surface area contributed by atoms with Crippen LogP contribution < -0.4 is 4.74 Å². The van der Waals surface area contributed by atoms with Crippen LogP contribution in [0.25, 0.3) is 0 Å². The number of benzene rings is 3. The molecule has 2 unspecified atom stereocenters. The Morgan fingerprint density at radius 1 is 0.971 bits per heavy atom. The molecule has 0 heterocycles. The van der Waals surface area contributed by atoms with E-state index in [1.165, 1.54) is 28.7 Å². The van der Waals surface area contributed by atoms with Crippen molar-refractivity contribution in [2.75, 3.05) is 6.61 Å². The molecule has 4 heteroatoms. The second-order valence-electron chi connectivity index (χ2n) is 9.26. The molecule has 0 spiro atoms. The zero-order valence-electron chi connectivity index (χ0n) is 19.9. The molecule has 1 aliphatic rings. The van der Waals surface area contributed by atoms with E-state index in [-0.39, 0.29) is 18.8 Å². The van der Waals surface area contributed by atoms with Crippen molar-refractivity contribution in [3.8, 4) is 5.75 Å².